The van der Waals surface area contributed by atoms with Crippen molar-refractivity contribution in [3.63, 3.8) is 0 Å². The molecule has 1 saturated carbocycles. The van der Waals surface area contributed by atoms with E-state index in [4.69, 9.17) is 0 Å². The van der Waals surface area contributed by atoms with Crippen LogP contribution in [-0.2, 0) is 6.42 Å². The average Bonchev–Trinajstić information content (AvgIpc) is 2.71. The summed E-state index contributed by atoms with van der Waals surface area (Å²) in [7, 11) is 0. The number of nitrogens with zero attached hydrogens (tertiary/aromatic N) is 1. The highest BCUT2D eigenvalue weighted by Crippen LogP contribution is 2.49. The van der Waals surface area contributed by atoms with Crippen LogP contribution in [0.3, 0.4) is 0 Å². The summed E-state index contributed by atoms with van der Waals surface area (Å²) < 4.78 is 0. The Balaban J connectivity index is 1.27. The summed E-state index contributed by atoms with van der Waals surface area (Å²) >= 11 is 0. The lowest BCUT2D eigenvalue weighted by molar-refractivity contribution is -0.00472. The number of benzene rings is 2. The number of piperidine rings is 1. The minimum Gasteiger partial charge on any atom is -0.349 e. The Kier molecular flexibility index (Phi) is 5.07. The van der Waals surface area contributed by atoms with Crippen molar-refractivity contribution in [1.29, 1.82) is 0 Å². The zero-order valence-corrected chi connectivity index (χ0v) is 15.4. The number of hydrogen-bond acceptors (Lipinski definition) is 2. The largest absolute Gasteiger partial charge is 0.349 e. The van der Waals surface area contributed by atoms with Crippen molar-refractivity contribution in [3.05, 3.63) is 71.8 Å². The molecule has 0 radical (unpaired) electrons. The fourth-order valence-electron chi connectivity index (χ4n) is 4.51. The zero-order valence-electron chi connectivity index (χ0n) is 15.4. The van der Waals surface area contributed by atoms with Crippen LogP contribution in [0.25, 0.3) is 0 Å². The van der Waals surface area contributed by atoms with Crippen LogP contribution in [-0.4, -0.2) is 36.5 Å². The van der Waals surface area contributed by atoms with Crippen LogP contribution in [0.2, 0.25) is 0 Å². The molecule has 2 aromatic rings. The van der Waals surface area contributed by atoms with Gasteiger partial charge in [0.15, 0.2) is 0 Å². The van der Waals surface area contributed by atoms with Crippen molar-refractivity contribution in [2.24, 2.45) is 5.41 Å². The van der Waals surface area contributed by atoms with Crippen LogP contribution in [0, 0.1) is 5.41 Å². The molecular weight excluding hydrogens is 320 g/mol. The van der Waals surface area contributed by atoms with Gasteiger partial charge in [0.1, 0.15) is 0 Å². The van der Waals surface area contributed by atoms with E-state index in [1.165, 1.54) is 24.8 Å². The molecule has 2 aliphatic rings. The Bertz CT molecular complexity index is 720. The van der Waals surface area contributed by atoms with E-state index in [1.54, 1.807) is 0 Å². The van der Waals surface area contributed by atoms with Gasteiger partial charge in [0.25, 0.3) is 5.91 Å². The van der Waals surface area contributed by atoms with Gasteiger partial charge in [0.05, 0.1) is 0 Å². The van der Waals surface area contributed by atoms with Gasteiger partial charge >= 0.3 is 0 Å². The van der Waals surface area contributed by atoms with Crippen molar-refractivity contribution in [2.75, 3.05) is 19.6 Å². The number of hydrogen-bond donors (Lipinski definition) is 1. The first-order valence-electron chi connectivity index (χ1n) is 9.87. The minimum absolute atomic E-state index is 0.0844. The Labute approximate surface area is 156 Å². The SMILES string of the molecule is O=C(N[C@@H]1CCC12CCN(CCc1ccccc1)CC2)c1ccccc1. The average molecular weight is 348 g/mol. The molecular formula is C23H28N2O. The molecule has 136 valence electrons. The van der Waals surface area contributed by atoms with Crippen LogP contribution >= 0.6 is 0 Å². The summed E-state index contributed by atoms with van der Waals surface area (Å²) in [4.78, 5) is 15.1. The lowest BCUT2D eigenvalue weighted by Crippen LogP contribution is -2.59. The maximum atomic E-state index is 12.5. The highest BCUT2D eigenvalue weighted by atomic mass is 16.1. The van der Waals surface area contributed by atoms with Gasteiger partial charge in [-0.25, -0.2) is 0 Å². The van der Waals surface area contributed by atoms with Gasteiger partial charge in [0, 0.05) is 18.2 Å². The number of likely N-dealkylation sites (tertiary alicyclic amines) is 1. The summed E-state index contributed by atoms with van der Waals surface area (Å²) in [6.45, 7) is 3.45. The molecule has 1 saturated heterocycles. The summed E-state index contributed by atoms with van der Waals surface area (Å²) in [6.07, 6.45) is 5.94. The third kappa shape index (κ3) is 3.68. The van der Waals surface area contributed by atoms with Crippen LogP contribution in [0.4, 0.5) is 0 Å². The fraction of sp³-hybridized carbons (Fsp3) is 0.435. The molecule has 1 heterocycles. The first-order chi connectivity index (χ1) is 12.8. The molecule has 2 aromatic carbocycles. The van der Waals surface area contributed by atoms with Crippen molar-refractivity contribution < 1.29 is 4.79 Å². The van der Waals surface area contributed by atoms with E-state index >= 15 is 0 Å². The minimum atomic E-state index is 0.0844. The molecule has 1 aliphatic heterocycles. The fourth-order valence-corrected chi connectivity index (χ4v) is 4.51. The van der Waals surface area contributed by atoms with Crippen LogP contribution in [0.15, 0.2) is 60.7 Å². The van der Waals surface area contributed by atoms with Gasteiger partial charge in [0.2, 0.25) is 0 Å². The summed E-state index contributed by atoms with van der Waals surface area (Å²) in [5.74, 6) is 0.0844. The van der Waals surface area contributed by atoms with Crippen molar-refractivity contribution >= 4 is 5.91 Å². The number of carbonyl (C=O) groups is 1. The molecule has 1 spiro atoms. The lowest BCUT2D eigenvalue weighted by atomic mass is 9.59. The number of rotatable bonds is 5. The molecule has 0 aromatic heterocycles. The molecule has 0 unspecified atom stereocenters. The molecule has 2 fully saturated rings. The predicted octanol–water partition coefficient (Wildman–Crippen LogP) is 3.90. The van der Waals surface area contributed by atoms with Gasteiger partial charge in [-0.15, -0.1) is 0 Å². The van der Waals surface area contributed by atoms with E-state index in [1.807, 2.05) is 30.3 Å². The van der Waals surface area contributed by atoms with Crippen molar-refractivity contribution in [1.82, 2.24) is 10.2 Å². The number of amides is 1. The summed E-state index contributed by atoms with van der Waals surface area (Å²) in [5, 5.41) is 3.31. The second kappa shape index (κ2) is 7.63. The molecule has 1 amide bonds. The first-order valence-corrected chi connectivity index (χ1v) is 9.87. The van der Waals surface area contributed by atoms with E-state index < -0.39 is 0 Å². The van der Waals surface area contributed by atoms with Gasteiger partial charge in [-0.2, -0.15) is 0 Å². The maximum absolute atomic E-state index is 12.5. The quantitative estimate of drug-likeness (QED) is 0.889. The number of nitrogens with one attached hydrogen (secondary N) is 1. The third-order valence-corrected chi connectivity index (χ3v) is 6.42. The Morgan fingerprint density at radius 1 is 0.962 bits per heavy atom. The topological polar surface area (TPSA) is 32.3 Å². The molecule has 4 rings (SSSR count). The Morgan fingerprint density at radius 2 is 1.62 bits per heavy atom. The van der Waals surface area contributed by atoms with Crippen LogP contribution < -0.4 is 5.32 Å². The molecule has 26 heavy (non-hydrogen) atoms. The molecule has 1 atom stereocenters. The maximum Gasteiger partial charge on any atom is 0.251 e. The highest BCUT2D eigenvalue weighted by molar-refractivity contribution is 5.94. The molecule has 1 N–H and O–H groups in total. The molecule has 1 aliphatic carbocycles. The van der Waals surface area contributed by atoms with Gasteiger partial charge in [-0.05, 0) is 68.3 Å². The van der Waals surface area contributed by atoms with Crippen molar-refractivity contribution in [2.45, 2.75) is 38.1 Å². The Hall–Kier alpha value is -2.13. The molecule has 3 nitrogen and oxygen atoms in total. The second-order valence-corrected chi connectivity index (χ2v) is 7.87. The third-order valence-electron chi connectivity index (χ3n) is 6.42. The predicted molar refractivity (Wildman–Crippen MR) is 105 cm³/mol. The normalized spacial score (nSPS) is 21.9. The second-order valence-electron chi connectivity index (χ2n) is 7.87. The van der Waals surface area contributed by atoms with E-state index in [-0.39, 0.29) is 5.91 Å². The van der Waals surface area contributed by atoms with E-state index in [2.05, 4.69) is 40.5 Å². The summed E-state index contributed by atoms with van der Waals surface area (Å²) in [6, 6.07) is 20.7. The first kappa shape index (κ1) is 17.3. The summed E-state index contributed by atoms with van der Waals surface area (Å²) in [5.41, 5.74) is 2.53. The van der Waals surface area contributed by atoms with Gasteiger partial charge < -0.3 is 10.2 Å². The van der Waals surface area contributed by atoms with E-state index in [0.717, 1.165) is 38.0 Å². The van der Waals surface area contributed by atoms with Crippen molar-refractivity contribution in [3.8, 4) is 0 Å². The monoisotopic (exact) mass is 348 g/mol. The van der Waals surface area contributed by atoms with Gasteiger partial charge in [-0.3, -0.25) is 4.79 Å². The van der Waals surface area contributed by atoms with E-state index in [0.29, 0.717) is 11.5 Å². The van der Waals surface area contributed by atoms with E-state index in [9.17, 15) is 4.79 Å². The van der Waals surface area contributed by atoms with Crippen LogP contribution in [0.1, 0.15) is 41.6 Å². The molecule has 0 bridgehead atoms. The standard InChI is InChI=1S/C23H28N2O/c26-22(20-9-5-2-6-10-20)24-21-11-13-23(21)14-17-25(18-15-23)16-12-19-7-3-1-4-8-19/h1-10,21H,11-18H2,(H,24,26)/t21-/m1/s1. The number of carbonyl (C=O) groups excluding carboxylic acids is 1. The lowest BCUT2D eigenvalue weighted by Gasteiger charge is -2.54. The van der Waals surface area contributed by atoms with Gasteiger partial charge in [-0.1, -0.05) is 48.5 Å². The highest BCUT2D eigenvalue weighted by Gasteiger charge is 2.48. The Morgan fingerprint density at radius 3 is 2.23 bits per heavy atom. The van der Waals surface area contributed by atoms with Crippen LogP contribution in [0.5, 0.6) is 0 Å². The zero-order chi connectivity index (χ0) is 17.8. The smallest absolute Gasteiger partial charge is 0.251 e. The molecule has 3 heteroatoms.